The Morgan fingerprint density at radius 3 is 2.85 bits per heavy atom. The van der Waals surface area contributed by atoms with E-state index in [1.807, 2.05) is 0 Å². The van der Waals surface area contributed by atoms with Crippen LogP contribution in [0.25, 0.3) is 10.9 Å². The first-order chi connectivity index (χ1) is 6.24. The van der Waals surface area contributed by atoms with Gasteiger partial charge < -0.3 is 0 Å². The van der Waals surface area contributed by atoms with Gasteiger partial charge in [0.2, 0.25) is 0 Å². The largest absolute Gasteiger partial charge is 0.296 e. The number of benzene rings is 1. The molecule has 2 rings (SSSR count). The summed E-state index contributed by atoms with van der Waals surface area (Å²) < 4.78 is 0. The fourth-order valence-electron chi connectivity index (χ4n) is 1.13. The molecule has 0 spiro atoms. The van der Waals surface area contributed by atoms with E-state index in [9.17, 15) is 4.79 Å². The monoisotopic (exact) mass is 214 g/mol. The second-order valence-electron chi connectivity index (χ2n) is 2.51. The van der Waals surface area contributed by atoms with Crippen molar-refractivity contribution in [3.05, 3.63) is 27.9 Å². The van der Waals surface area contributed by atoms with Crippen LogP contribution in [0.1, 0.15) is 10.5 Å². The highest BCUT2D eigenvalue weighted by atomic mass is 35.5. The van der Waals surface area contributed by atoms with Gasteiger partial charge in [-0.05, 0) is 12.1 Å². The molecule has 0 saturated heterocycles. The zero-order valence-electron chi connectivity index (χ0n) is 6.34. The van der Waals surface area contributed by atoms with Crippen LogP contribution in [0, 0.1) is 0 Å². The average molecular weight is 215 g/mol. The van der Waals surface area contributed by atoms with Gasteiger partial charge >= 0.3 is 0 Å². The highest BCUT2D eigenvalue weighted by Crippen LogP contribution is 2.29. The third kappa shape index (κ3) is 1.20. The molecule has 0 amide bonds. The topological polar surface area (TPSA) is 45.8 Å². The van der Waals surface area contributed by atoms with Crippen LogP contribution in [0.2, 0.25) is 10.0 Å². The van der Waals surface area contributed by atoms with Gasteiger partial charge in [0, 0.05) is 5.39 Å². The summed E-state index contributed by atoms with van der Waals surface area (Å²) in [5.41, 5.74) is 0.935. The summed E-state index contributed by atoms with van der Waals surface area (Å²) >= 11 is 11.6. The van der Waals surface area contributed by atoms with E-state index in [1.165, 1.54) is 0 Å². The Morgan fingerprint density at radius 1 is 1.38 bits per heavy atom. The standard InChI is InChI=1S/C8H4Cl2N2O/c9-5-2-1-4-6(3-13)11-12-8(4)7(5)10/h1-3H,(H,11,12). The second-order valence-corrected chi connectivity index (χ2v) is 3.30. The number of aldehydes is 1. The molecule has 0 aliphatic rings. The molecule has 1 aromatic heterocycles. The molecule has 0 aliphatic carbocycles. The molecule has 1 aromatic carbocycles. The summed E-state index contributed by atoms with van der Waals surface area (Å²) in [6.45, 7) is 0. The van der Waals surface area contributed by atoms with Crippen LogP contribution in [0.4, 0.5) is 0 Å². The van der Waals surface area contributed by atoms with E-state index in [0.29, 0.717) is 32.9 Å². The molecule has 0 atom stereocenters. The average Bonchev–Trinajstić information content (AvgIpc) is 2.55. The Labute approximate surface area is 83.6 Å². The lowest BCUT2D eigenvalue weighted by Crippen LogP contribution is -1.78. The van der Waals surface area contributed by atoms with Crippen molar-refractivity contribution in [3.63, 3.8) is 0 Å². The van der Waals surface area contributed by atoms with Gasteiger partial charge in [-0.25, -0.2) is 0 Å². The summed E-state index contributed by atoms with van der Waals surface area (Å²) in [4.78, 5) is 10.5. The number of aromatic nitrogens is 2. The van der Waals surface area contributed by atoms with E-state index in [2.05, 4.69) is 10.2 Å². The molecule has 0 bridgehead atoms. The van der Waals surface area contributed by atoms with E-state index in [0.717, 1.165) is 0 Å². The van der Waals surface area contributed by atoms with E-state index < -0.39 is 0 Å². The van der Waals surface area contributed by atoms with Gasteiger partial charge in [0.05, 0.1) is 10.0 Å². The minimum atomic E-state index is 0.364. The van der Waals surface area contributed by atoms with Crippen LogP contribution in [0.15, 0.2) is 12.1 Å². The van der Waals surface area contributed by atoms with Crippen molar-refractivity contribution in [2.45, 2.75) is 0 Å². The Kier molecular flexibility index (Phi) is 1.98. The molecule has 0 saturated carbocycles. The normalized spacial score (nSPS) is 10.6. The first-order valence-electron chi connectivity index (χ1n) is 3.51. The fraction of sp³-hybridized carbons (Fsp3) is 0. The van der Waals surface area contributed by atoms with Crippen molar-refractivity contribution in [1.29, 1.82) is 0 Å². The lowest BCUT2D eigenvalue weighted by Gasteiger charge is -1.94. The molecule has 1 N–H and O–H groups in total. The molecular formula is C8H4Cl2N2O. The maximum Gasteiger partial charge on any atom is 0.168 e. The number of carbonyl (C=O) groups excluding carboxylic acids is 1. The molecular weight excluding hydrogens is 211 g/mol. The molecule has 0 fully saturated rings. The molecule has 2 aromatic rings. The molecule has 1 heterocycles. The Hall–Kier alpha value is -1.06. The lowest BCUT2D eigenvalue weighted by atomic mass is 10.2. The van der Waals surface area contributed by atoms with Crippen LogP contribution >= 0.6 is 23.2 Å². The number of fused-ring (bicyclic) bond motifs is 1. The number of halogens is 2. The third-order valence-electron chi connectivity index (χ3n) is 1.77. The van der Waals surface area contributed by atoms with Crippen molar-refractivity contribution in [3.8, 4) is 0 Å². The highest BCUT2D eigenvalue weighted by Gasteiger charge is 2.09. The Bertz CT molecular complexity index is 478. The number of hydrogen-bond donors (Lipinski definition) is 1. The number of rotatable bonds is 1. The summed E-state index contributed by atoms with van der Waals surface area (Å²) in [6.07, 6.45) is 0.694. The quantitative estimate of drug-likeness (QED) is 0.743. The summed E-state index contributed by atoms with van der Waals surface area (Å²) in [5.74, 6) is 0. The van der Waals surface area contributed by atoms with Crippen molar-refractivity contribution in [2.75, 3.05) is 0 Å². The number of hydrogen-bond acceptors (Lipinski definition) is 2. The number of carbonyl (C=O) groups is 1. The number of H-pyrrole nitrogens is 1. The summed E-state index contributed by atoms with van der Waals surface area (Å²) in [5, 5.41) is 7.93. The minimum Gasteiger partial charge on any atom is -0.296 e. The first kappa shape index (κ1) is 8.53. The zero-order chi connectivity index (χ0) is 9.42. The van der Waals surface area contributed by atoms with E-state index in [1.54, 1.807) is 12.1 Å². The Balaban J connectivity index is 2.88. The number of aromatic amines is 1. The van der Waals surface area contributed by atoms with Gasteiger partial charge in [-0.15, -0.1) is 0 Å². The van der Waals surface area contributed by atoms with Crippen molar-refractivity contribution in [2.24, 2.45) is 0 Å². The van der Waals surface area contributed by atoms with Gasteiger partial charge in [-0.1, -0.05) is 23.2 Å². The van der Waals surface area contributed by atoms with E-state index >= 15 is 0 Å². The van der Waals surface area contributed by atoms with Crippen LogP contribution in [0.3, 0.4) is 0 Å². The van der Waals surface area contributed by atoms with Crippen molar-refractivity contribution in [1.82, 2.24) is 10.2 Å². The third-order valence-corrected chi connectivity index (χ3v) is 2.56. The molecule has 0 unspecified atom stereocenters. The SMILES string of the molecule is O=Cc1[nH]nc2c(Cl)c(Cl)ccc12. The van der Waals surface area contributed by atoms with E-state index in [4.69, 9.17) is 23.2 Å². The minimum absolute atomic E-state index is 0.364. The predicted molar refractivity (Wildman–Crippen MR) is 51.5 cm³/mol. The van der Waals surface area contributed by atoms with Gasteiger partial charge in [0.15, 0.2) is 6.29 Å². The predicted octanol–water partition coefficient (Wildman–Crippen LogP) is 2.68. The van der Waals surface area contributed by atoms with Gasteiger partial charge in [0.25, 0.3) is 0 Å². The molecule has 5 heteroatoms. The van der Waals surface area contributed by atoms with Gasteiger partial charge in [-0.2, -0.15) is 5.10 Å². The molecule has 0 radical (unpaired) electrons. The molecule has 3 nitrogen and oxygen atoms in total. The highest BCUT2D eigenvalue weighted by molar-refractivity contribution is 6.45. The number of nitrogens with one attached hydrogen (secondary N) is 1. The van der Waals surface area contributed by atoms with Gasteiger partial charge in [-0.3, -0.25) is 9.89 Å². The second kappa shape index (κ2) is 3.01. The van der Waals surface area contributed by atoms with Gasteiger partial charge in [0.1, 0.15) is 11.2 Å². The summed E-state index contributed by atoms with van der Waals surface area (Å²) in [7, 11) is 0. The van der Waals surface area contributed by atoms with Crippen LogP contribution in [0.5, 0.6) is 0 Å². The van der Waals surface area contributed by atoms with Crippen LogP contribution in [-0.2, 0) is 0 Å². The van der Waals surface area contributed by atoms with Crippen LogP contribution < -0.4 is 0 Å². The van der Waals surface area contributed by atoms with Crippen LogP contribution in [-0.4, -0.2) is 16.5 Å². The van der Waals surface area contributed by atoms with Crippen molar-refractivity contribution >= 4 is 40.4 Å². The maximum absolute atomic E-state index is 10.5. The molecule has 0 aliphatic heterocycles. The molecule has 13 heavy (non-hydrogen) atoms. The molecule has 66 valence electrons. The zero-order valence-corrected chi connectivity index (χ0v) is 7.86. The first-order valence-corrected chi connectivity index (χ1v) is 4.27. The lowest BCUT2D eigenvalue weighted by molar-refractivity contribution is 0.112. The fourth-order valence-corrected chi connectivity index (χ4v) is 1.49. The van der Waals surface area contributed by atoms with Crippen molar-refractivity contribution < 1.29 is 4.79 Å². The smallest absolute Gasteiger partial charge is 0.168 e. The Morgan fingerprint density at radius 2 is 2.15 bits per heavy atom. The van der Waals surface area contributed by atoms with E-state index in [-0.39, 0.29) is 0 Å². The maximum atomic E-state index is 10.5. The number of nitrogens with zero attached hydrogens (tertiary/aromatic N) is 1. The summed E-state index contributed by atoms with van der Waals surface area (Å²) in [6, 6.07) is 3.34.